The smallest absolute Gasteiger partial charge is 0.161 e. The first-order valence-corrected chi connectivity index (χ1v) is 9.71. The minimum Gasteiger partial charge on any atom is -0.358 e. The van der Waals surface area contributed by atoms with Crippen LogP contribution in [0.15, 0.2) is 59.1 Å². The van der Waals surface area contributed by atoms with E-state index in [4.69, 9.17) is 0 Å². The molecule has 2 nitrogen and oxygen atoms in total. The van der Waals surface area contributed by atoms with Gasteiger partial charge < -0.3 is 5.32 Å². The molecule has 2 heterocycles. The second-order valence-corrected chi connectivity index (χ2v) is 7.89. The molecule has 0 spiro atoms. The number of anilines is 1. The Bertz CT molecular complexity index is 1040. The molecule has 0 bridgehead atoms. The molecule has 0 amide bonds. The Kier molecular flexibility index (Phi) is 3.32. The lowest BCUT2D eigenvalue weighted by Crippen LogP contribution is -2.27. The highest BCUT2D eigenvalue weighted by Crippen LogP contribution is 2.49. The summed E-state index contributed by atoms with van der Waals surface area (Å²) in [4.78, 5) is 14.2. The maximum atomic E-state index is 12.9. The first-order chi connectivity index (χ1) is 12.2. The third-order valence-electron chi connectivity index (χ3n) is 5.45. The molecule has 1 atom stereocenters. The van der Waals surface area contributed by atoms with E-state index in [1.54, 1.807) is 11.3 Å². The third-order valence-corrected chi connectivity index (χ3v) is 6.54. The van der Waals surface area contributed by atoms with E-state index in [-0.39, 0.29) is 5.92 Å². The van der Waals surface area contributed by atoms with E-state index in [9.17, 15) is 4.79 Å². The van der Waals surface area contributed by atoms with Crippen molar-refractivity contribution in [3.05, 3.63) is 75.1 Å². The molecule has 5 rings (SSSR count). The van der Waals surface area contributed by atoms with Crippen LogP contribution in [-0.2, 0) is 4.79 Å². The molecular formula is C22H19NOS. The van der Waals surface area contributed by atoms with Gasteiger partial charge in [0.25, 0.3) is 0 Å². The van der Waals surface area contributed by atoms with Gasteiger partial charge in [0.2, 0.25) is 0 Å². The Hall–Kier alpha value is -2.39. The van der Waals surface area contributed by atoms with Gasteiger partial charge in [-0.2, -0.15) is 0 Å². The molecule has 1 aliphatic heterocycles. The first kappa shape index (κ1) is 14.9. The minimum absolute atomic E-state index is 0.0603. The van der Waals surface area contributed by atoms with Crippen molar-refractivity contribution in [3.63, 3.8) is 0 Å². The number of hydrogen-bond donors (Lipinski definition) is 1. The number of allylic oxidation sites excluding steroid dienone is 2. The SMILES string of the molecule is Cc1ccsc1[C@@H]1C2=C(CCCC2=O)Nc2ccc3ccccc3c21. The molecule has 3 heteroatoms. The monoisotopic (exact) mass is 345 g/mol. The second kappa shape index (κ2) is 5.57. The Morgan fingerprint density at radius 2 is 1.96 bits per heavy atom. The van der Waals surface area contributed by atoms with Gasteiger partial charge in [0.05, 0.1) is 5.92 Å². The molecule has 1 aliphatic carbocycles. The summed E-state index contributed by atoms with van der Waals surface area (Å²) in [7, 11) is 0. The highest BCUT2D eigenvalue weighted by atomic mass is 32.1. The van der Waals surface area contributed by atoms with E-state index < -0.39 is 0 Å². The van der Waals surface area contributed by atoms with E-state index in [0.29, 0.717) is 12.2 Å². The number of aryl methyl sites for hydroxylation is 1. The molecular weight excluding hydrogens is 326 g/mol. The summed E-state index contributed by atoms with van der Waals surface area (Å²) in [5.74, 6) is 0.371. The average molecular weight is 345 g/mol. The van der Waals surface area contributed by atoms with Crippen molar-refractivity contribution in [2.75, 3.05) is 5.32 Å². The predicted octanol–water partition coefficient (Wildman–Crippen LogP) is 5.77. The molecule has 0 saturated heterocycles. The summed E-state index contributed by atoms with van der Waals surface area (Å²) >= 11 is 1.77. The molecule has 124 valence electrons. The second-order valence-electron chi connectivity index (χ2n) is 6.94. The number of carbonyl (C=O) groups is 1. The molecule has 0 radical (unpaired) electrons. The van der Waals surface area contributed by atoms with Crippen molar-refractivity contribution in [1.29, 1.82) is 0 Å². The Morgan fingerprint density at radius 1 is 1.08 bits per heavy atom. The van der Waals surface area contributed by atoms with Crippen molar-refractivity contribution in [1.82, 2.24) is 0 Å². The van der Waals surface area contributed by atoms with Crippen molar-refractivity contribution in [3.8, 4) is 0 Å². The van der Waals surface area contributed by atoms with Gasteiger partial charge in [-0.1, -0.05) is 30.3 Å². The lowest BCUT2D eigenvalue weighted by molar-refractivity contribution is -0.116. The third kappa shape index (κ3) is 2.19. The lowest BCUT2D eigenvalue weighted by atomic mass is 9.76. The Morgan fingerprint density at radius 3 is 2.80 bits per heavy atom. The number of nitrogens with one attached hydrogen (secondary N) is 1. The first-order valence-electron chi connectivity index (χ1n) is 8.83. The molecule has 1 aromatic heterocycles. The van der Waals surface area contributed by atoms with E-state index >= 15 is 0 Å². The highest BCUT2D eigenvalue weighted by molar-refractivity contribution is 7.10. The van der Waals surface area contributed by atoms with Gasteiger partial charge in [0.15, 0.2) is 5.78 Å². The molecule has 0 unspecified atom stereocenters. The van der Waals surface area contributed by atoms with E-state index in [0.717, 1.165) is 29.8 Å². The van der Waals surface area contributed by atoms with Crippen LogP contribution in [-0.4, -0.2) is 5.78 Å². The average Bonchev–Trinajstić information content (AvgIpc) is 3.05. The maximum Gasteiger partial charge on any atom is 0.161 e. The lowest BCUT2D eigenvalue weighted by Gasteiger charge is -2.34. The minimum atomic E-state index is 0.0603. The van der Waals surface area contributed by atoms with Crippen molar-refractivity contribution in [2.24, 2.45) is 0 Å². The number of thiophene rings is 1. The molecule has 2 aromatic carbocycles. The molecule has 0 fully saturated rings. The van der Waals surface area contributed by atoms with Crippen LogP contribution in [0.2, 0.25) is 0 Å². The van der Waals surface area contributed by atoms with Crippen LogP contribution in [0.25, 0.3) is 10.8 Å². The van der Waals surface area contributed by atoms with Crippen LogP contribution in [0.3, 0.4) is 0 Å². The van der Waals surface area contributed by atoms with Crippen LogP contribution >= 0.6 is 11.3 Å². The van der Waals surface area contributed by atoms with Gasteiger partial charge in [0.1, 0.15) is 0 Å². The molecule has 25 heavy (non-hydrogen) atoms. The van der Waals surface area contributed by atoms with Crippen molar-refractivity contribution in [2.45, 2.75) is 32.1 Å². The Labute approximate surface area is 151 Å². The van der Waals surface area contributed by atoms with Crippen molar-refractivity contribution >= 4 is 33.6 Å². The highest BCUT2D eigenvalue weighted by Gasteiger charge is 2.37. The summed E-state index contributed by atoms with van der Waals surface area (Å²) in [6, 6.07) is 15.0. The molecule has 1 N–H and O–H groups in total. The quantitative estimate of drug-likeness (QED) is 0.606. The molecule has 2 aliphatic rings. The fraction of sp³-hybridized carbons (Fsp3) is 0.227. The molecule has 0 saturated carbocycles. The van der Waals surface area contributed by atoms with Gasteiger partial charge in [-0.05, 0) is 59.2 Å². The summed E-state index contributed by atoms with van der Waals surface area (Å²) in [6.07, 6.45) is 2.58. The van der Waals surface area contributed by atoms with Crippen LogP contribution < -0.4 is 5.32 Å². The van der Waals surface area contributed by atoms with E-state index in [2.05, 4.69) is 60.1 Å². The van der Waals surface area contributed by atoms with E-state index in [1.165, 1.54) is 26.8 Å². The number of ketones is 1. The summed E-state index contributed by atoms with van der Waals surface area (Å²) in [6.45, 7) is 2.16. The van der Waals surface area contributed by atoms with Crippen LogP contribution in [0.4, 0.5) is 5.69 Å². The van der Waals surface area contributed by atoms with Gasteiger partial charge >= 0.3 is 0 Å². The molecule has 3 aromatic rings. The topological polar surface area (TPSA) is 29.1 Å². The summed E-state index contributed by atoms with van der Waals surface area (Å²) < 4.78 is 0. The zero-order valence-electron chi connectivity index (χ0n) is 14.1. The number of rotatable bonds is 1. The summed E-state index contributed by atoms with van der Waals surface area (Å²) in [5, 5.41) is 8.22. The number of fused-ring (bicyclic) bond motifs is 3. The predicted molar refractivity (Wildman–Crippen MR) is 104 cm³/mol. The van der Waals surface area contributed by atoms with Gasteiger partial charge in [-0.25, -0.2) is 0 Å². The van der Waals surface area contributed by atoms with Gasteiger partial charge in [-0.15, -0.1) is 11.3 Å². The van der Waals surface area contributed by atoms with E-state index in [1.807, 2.05) is 0 Å². The van der Waals surface area contributed by atoms with Crippen LogP contribution in [0.5, 0.6) is 0 Å². The normalized spacial score (nSPS) is 19.6. The zero-order valence-corrected chi connectivity index (χ0v) is 15.0. The standard InChI is InChI=1S/C22H19NOS/c1-13-11-12-25-22(13)21-19-15-6-3-2-5-14(15)9-10-17(19)23-16-7-4-8-18(24)20(16)21/h2-3,5-6,9-12,21,23H,4,7-8H2,1H3/t21-/m0/s1. The van der Waals surface area contributed by atoms with Crippen LogP contribution in [0, 0.1) is 6.92 Å². The number of hydrogen-bond acceptors (Lipinski definition) is 3. The van der Waals surface area contributed by atoms with Gasteiger partial charge in [0, 0.05) is 28.3 Å². The maximum absolute atomic E-state index is 12.9. The van der Waals surface area contributed by atoms with Gasteiger partial charge in [-0.3, -0.25) is 4.79 Å². The summed E-state index contributed by atoms with van der Waals surface area (Å²) in [5.41, 5.74) is 5.83. The zero-order chi connectivity index (χ0) is 17.0. The fourth-order valence-electron chi connectivity index (χ4n) is 4.29. The Balaban J connectivity index is 1.86. The van der Waals surface area contributed by atoms with Crippen molar-refractivity contribution < 1.29 is 4.79 Å². The number of carbonyl (C=O) groups excluding carboxylic acids is 1. The van der Waals surface area contributed by atoms with Crippen LogP contribution in [0.1, 0.15) is 41.2 Å². The number of benzene rings is 2. The number of Topliss-reactive ketones (excluding diaryl/α,β-unsaturated/α-hetero) is 1. The largest absolute Gasteiger partial charge is 0.358 e. The fourth-order valence-corrected chi connectivity index (χ4v) is 5.34.